The molecule has 1 aromatic heterocycles. The van der Waals surface area contributed by atoms with Crippen molar-refractivity contribution in [2.24, 2.45) is 5.73 Å². The molecule has 0 unspecified atom stereocenters. The Kier molecular flexibility index (Phi) is 3.00. The molecule has 6 nitrogen and oxygen atoms in total. The molecule has 1 aliphatic heterocycles. The summed E-state index contributed by atoms with van der Waals surface area (Å²) in [6.45, 7) is 3.77. The Balaban J connectivity index is 2.14. The van der Waals surface area contributed by atoms with Crippen LogP contribution in [0, 0.1) is 0 Å². The highest BCUT2D eigenvalue weighted by Gasteiger charge is 2.16. The van der Waals surface area contributed by atoms with Gasteiger partial charge in [-0.25, -0.2) is 4.98 Å². The van der Waals surface area contributed by atoms with E-state index in [1.54, 1.807) is 6.20 Å². The van der Waals surface area contributed by atoms with Crippen molar-refractivity contribution in [3.63, 3.8) is 0 Å². The molecule has 0 bridgehead atoms. The molecule has 1 saturated heterocycles. The van der Waals surface area contributed by atoms with Gasteiger partial charge in [0.05, 0.1) is 12.4 Å². The largest absolute Gasteiger partial charge is 0.364 e. The molecule has 1 aliphatic rings. The first-order valence-corrected chi connectivity index (χ1v) is 5.22. The molecule has 1 amide bonds. The Hall–Kier alpha value is -1.69. The summed E-state index contributed by atoms with van der Waals surface area (Å²) in [4.78, 5) is 23.5. The van der Waals surface area contributed by atoms with Crippen molar-refractivity contribution >= 4 is 11.7 Å². The maximum absolute atomic E-state index is 11.0. The summed E-state index contributed by atoms with van der Waals surface area (Å²) in [7, 11) is 2.09. The van der Waals surface area contributed by atoms with Crippen molar-refractivity contribution in [1.29, 1.82) is 0 Å². The number of hydrogen-bond donors (Lipinski definition) is 1. The Morgan fingerprint density at radius 3 is 2.62 bits per heavy atom. The van der Waals surface area contributed by atoms with E-state index >= 15 is 0 Å². The van der Waals surface area contributed by atoms with Crippen molar-refractivity contribution in [2.75, 3.05) is 38.1 Å². The lowest BCUT2D eigenvalue weighted by atomic mass is 10.3. The standard InChI is InChI=1S/C10H15N5O/c1-14-2-4-15(5-3-14)9-7-12-6-8(13-9)10(11)16/h6-7H,2-5H2,1H3,(H2,11,16). The summed E-state index contributed by atoms with van der Waals surface area (Å²) in [5, 5.41) is 0. The van der Waals surface area contributed by atoms with Gasteiger partial charge in [-0.05, 0) is 7.05 Å². The fraction of sp³-hybridized carbons (Fsp3) is 0.500. The van der Waals surface area contributed by atoms with Crippen LogP contribution >= 0.6 is 0 Å². The number of amides is 1. The van der Waals surface area contributed by atoms with E-state index in [0.29, 0.717) is 0 Å². The maximum atomic E-state index is 11.0. The predicted molar refractivity (Wildman–Crippen MR) is 60.3 cm³/mol. The molecule has 6 heteroatoms. The molecule has 1 aromatic rings. The van der Waals surface area contributed by atoms with E-state index < -0.39 is 5.91 Å². The van der Waals surface area contributed by atoms with E-state index in [1.807, 2.05) is 0 Å². The van der Waals surface area contributed by atoms with Crippen LogP contribution in [0.5, 0.6) is 0 Å². The average molecular weight is 221 g/mol. The molecular weight excluding hydrogens is 206 g/mol. The summed E-state index contributed by atoms with van der Waals surface area (Å²) in [6, 6.07) is 0. The van der Waals surface area contributed by atoms with Crippen molar-refractivity contribution in [1.82, 2.24) is 14.9 Å². The van der Waals surface area contributed by atoms with Gasteiger partial charge in [0.2, 0.25) is 0 Å². The smallest absolute Gasteiger partial charge is 0.268 e. The first-order chi connectivity index (χ1) is 7.66. The number of piperazine rings is 1. The zero-order valence-electron chi connectivity index (χ0n) is 9.26. The zero-order chi connectivity index (χ0) is 11.5. The number of carbonyl (C=O) groups is 1. The van der Waals surface area contributed by atoms with Crippen molar-refractivity contribution in [3.8, 4) is 0 Å². The number of rotatable bonds is 2. The number of nitrogens with zero attached hydrogens (tertiary/aromatic N) is 4. The fourth-order valence-electron chi connectivity index (χ4n) is 1.66. The van der Waals surface area contributed by atoms with E-state index in [0.717, 1.165) is 32.0 Å². The van der Waals surface area contributed by atoms with Gasteiger partial charge in [0.1, 0.15) is 11.5 Å². The van der Waals surface area contributed by atoms with Gasteiger partial charge in [-0.2, -0.15) is 0 Å². The van der Waals surface area contributed by atoms with Gasteiger partial charge in [-0.3, -0.25) is 9.78 Å². The quantitative estimate of drug-likeness (QED) is 0.716. The molecule has 0 saturated carbocycles. The second-order valence-corrected chi connectivity index (χ2v) is 3.92. The second kappa shape index (κ2) is 4.44. The number of likely N-dealkylation sites (N-methyl/N-ethyl adjacent to an activating group) is 1. The third kappa shape index (κ3) is 2.27. The van der Waals surface area contributed by atoms with Crippen LogP contribution in [0.15, 0.2) is 12.4 Å². The number of primary amides is 1. The molecule has 0 radical (unpaired) electrons. The lowest BCUT2D eigenvalue weighted by Gasteiger charge is -2.32. The predicted octanol–water partition coefficient (Wildman–Crippen LogP) is -0.673. The van der Waals surface area contributed by atoms with Gasteiger partial charge >= 0.3 is 0 Å². The molecule has 2 N–H and O–H groups in total. The van der Waals surface area contributed by atoms with E-state index in [9.17, 15) is 4.79 Å². The highest BCUT2D eigenvalue weighted by atomic mass is 16.1. The van der Waals surface area contributed by atoms with Crippen molar-refractivity contribution < 1.29 is 4.79 Å². The Labute approximate surface area is 94.1 Å². The SMILES string of the molecule is CN1CCN(c2cncc(C(N)=O)n2)CC1. The molecule has 0 spiro atoms. The van der Waals surface area contributed by atoms with Gasteiger partial charge in [0.25, 0.3) is 5.91 Å². The Morgan fingerprint density at radius 2 is 2.00 bits per heavy atom. The van der Waals surface area contributed by atoms with Gasteiger partial charge in [0, 0.05) is 26.2 Å². The van der Waals surface area contributed by atoms with Crippen molar-refractivity contribution in [3.05, 3.63) is 18.1 Å². The first-order valence-electron chi connectivity index (χ1n) is 5.22. The Bertz CT molecular complexity index is 387. The van der Waals surface area contributed by atoms with Crippen LogP contribution in [0.3, 0.4) is 0 Å². The molecule has 86 valence electrons. The number of anilines is 1. The van der Waals surface area contributed by atoms with Crippen LogP contribution < -0.4 is 10.6 Å². The number of carbonyl (C=O) groups excluding carboxylic acids is 1. The van der Waals surface area contributed by atoms with Crippen LogP contribution in [0.1, 0.15) is 10.5 Å². The monoisotopic (exact) mass is 221 g/mol. The van der Waals surface area contributed by atoms with E-state index in [1.165, 1.54) is 6.20 Å². The van der Waals surface area contributed by atoms with E-state index in [4.69, 9.17) is 5.73 Å². The number of aromatic nitrogens is 2. The summed E-state index contributed by atoms with van der Waals surface area (Å²) in [6.07, 6.45) is 3.06. The van der Waals surface area contributed by atoms with Crippen LogP contribution in [0.2, 0.25) is 0 Å². The second-order valence-electron chi connectivity index (χ2n) is 3.92. The van der Waals surface area contributed by atoms with Crippen molar-refractivity contribution in [2.45, 2.75) is 0 Å². The van der Waals surface area contributed by atoms with Crippen LogP contribution in [0.4, 0.5) is 5.82 Å². The maximum Gasteiger partial charge on any atom is 0.268 e. The summed E-state index contributed by atoms with van der Waals surface area (Å²) >= 11 is 0. The van der Waals surface area contributed by atoms with Gasteiger partial charge in [-0.1, -0.05) is 0 Å². The van der Waals surface area contributed by atoms with E-state index in [-0.39, 0.29) is 5.69 Å². The molecular formula is C10H15N5O. The molecule has 0 atom stereocenters. The lowest BCUT2D eigenvalue weighted by Crippen LogP contribution is -2.45. The molecule has 0 aromatic carbocycles. The minimum Gasteiger partial charge on any atom is -0.364 e. The minimum absolute atomic E-state index is 0.219. The fourth-order valence-corrected chi connectivity index (χ4v) is 1.66. The van der Waals surface area contributed by atoms with Crippen LogP contribution in [-0.2, 0) is 0 Å². The number of hydrogen-bond acceptors (Lipinski definition) is 5. The molecule has 0 aliphatic carbocycles. The zero-order valence-corrected chi connectivity index (χ0v) is 9.26. The van der Waals surface area contributed by atoms with Crippen LogP contribution in [-0.4, -0.2) is 54.0 Å². The average Bonchev–Trinajstić information content (AvgIpc) is 2.30. The van der Waals surface area contributed by atoms with Gasteiger partial charge < -0.3 is 15.5 Å². The molecule has 2 heterocycles. The van der Waals surface area contributed by atoms with E-state index in [2.05, 4.69) is 26.8 Å². The lowest BCUT2D eigenvalue weighted by molar-refractivity contribution is 0.0995. The summed E-state index contributed by atoms with van der Waals surface area (Å²) in [5.41, 5.74) is 5.38. The first kappa shape index (κ1) is 10.8. The van der Waals surface area contributed by atoms with Gasteiger partial charge in [-0.15, -0.1) is 0 Å². The minimum atomic E-state index is -0.538. The highest BCUT2D eigenvalue weighted by Crippen LogP contribution is 2.11. The highest BCUT2D eigenvalue weighted by molar-refractivity contribution is 5.90. The van der Waals surface area contributed by atoms with Crippen LogP contribution in [0.25, 0.3) is 0 Å². The Morgan fingerprint density at radius 1 is 1.31 bits per heavy atom. The topological polar surface area (TPSA) is 75.3 Å². The molecule has 1 fully saturated rings. The summed E-state index contributed by atoms with van der Waals surface area (Å²) < 4.78 is 0. The summed E-state index contributed by atoms with van der Waals surface area (Å²) in [5.74, 6) is 0.188. The van der Waals surface area contributed by atoms with Gasteiger partial charge in [0.15, 0.2) is 0 Å². The number of nitrogens with two attached hydrogens (primary N) is 1. The third-order valence-electron chi connectivity index (χ3n) is 2.70. The third-order valence-corrected chi connectivity index (χ3v) is 2.70. The molecule has 2 rings (SSSR count). The molecule has 16 heavy (non-hydrogen) atoms. The normalized spacial score (nSPS) is 17.4.